The van der Waals surface area contributed by atoms with E-state index in [1.165, 1.54) is 0 Å². The molecule has 6 nitrogen and oxygen atoms in total. The molecule has 7 heteroatoms. The van der Waals surface area contributed by atoms with Crippen LogP contribution in [0.2, 0.25) is 18.1 Å². The van der Waals surface area contributed by atoms with Crippen LogP contribution in [0.4, 0.5) is 4.79 Å². The highest BCUT2D eigenvalue weighted by molar-refractivity contribution is 6.74. The first-order valence-corrected chi connectivity index (χ1v) is 16.9. The largest absolute Gasteiger partial charge is 0.445 e. The summed E-state index contributed by atoms with van der Waals surface area (Å²) in [7, 11) is -2.21. The van der Waals surface area contributed by atoms with E-state index >= 15 is 0 Å². The lowest BCUT2D eigenvalue weighted by Crippen LogP contribution is -2.65. The number of nitrogens with one attached hydrogen (secondary N) is 1. The molecule has 0 saturated carbocycles. The molecule has 1 N–H and O–H groups in total. The van der Waals surface area contributed by atoms with Crippen molar-refractivity contribution in [2.24, 2.45) is 5.92 Å². The van der Waals surface area contributed by atoms with Gasteiger partial charge < -0.3 is 19.4 Å². The molecule has 1 aliphatic rings. The lowest BCUT2D eigenvalue weighted by molar-refractivity contribution is -0.162. The molecular weight excluding hydrogens is 516 g/mol. The maximum Gasteiger partial charge on any atom is 0.407 e. The smallest absolute Gasteiger partial charge is 0.407 e. The van der Waals surface area contributed by atoms with Gasteiger partial charge in [0.1, 0.15) is 6.61 Å². The van der Waals surface area contributed by atoms with E-state index in [2.05, 4.69) is 39.2 Å². The number of rotatable bonds is 10. The van der Waals surface area contributed by atoms with Gasteiger partial charge >= 0.3 is 6.09 Å². The van der Waals surface area contributed by atoms with E-state index in [1.54, 1.807) is 0 Å². The first kappa shape index (κ1) is 29.6. The summed E-state index contributed by atoms with van der Waals surface area (Å²) in [6.07, 6.45) is -0.954. The first-order chi connectivity index (χ1) is 19.0. The van der Waals surface area contributed by atoms with E-state index in [1.807, 2.05) is 103 Å². The van der Waals surface area contributed by atoms with Gasteiger partial charge in [-0.15, -0.1) is 0 Å². The topological polar surface area (TPSA) is 67.9 Å². The average molecular weight is 559 g/mol. The molecule has 1 heterocycles. The molecule has 0 radical (unpaired) electrons. The number of β-lactam (4-membered cyclic amide) rings is 1. The van der Waals surface area contributed by atoms with Gasteiger partial charge in [0.25, 0.3) is 0 Å². The fourth-order valence-corrected chi connectivity index (χ4v) is 6.46. The minimum absolute atomic E-state index is 0.00301. The summed E-state index contributed by atoms with van der Waals surface area (Å²) in [5.41, 5.74) is 3.00. The summed E-state index contributed by atoms with van der Waals surface area (Å²) in [4.78, 5) is 29.0. The van der Waals surface area contributed by atoms with Gasteiger partial charge in [-0.1, -0.05) is 112 Å². The lowest BCUT2D eigenvalue weighted by Gasteiger charge is -2.52. The highest BCUT2D eigenvalue weighted by Gasteiger charge is 2.54. The predicted molar refractivity (Wildman–Crippen MR) is 161 cm³/mol. The number of carbonyl (C=O) groups is 2. The van der Waals surface area contributed by atoms with Gasteiger partial charge in [0, 0.05) is 6.54 Å². The third kappa shape index (κ3) is 6.82. The molecule has 0 bridgehead atoms. The van der Waals surface area contributed by atoms with E-state index in [0.29, 0.717) is 6.54 Å². The number of nitrogens with zero attached hydrogens (tertiary/aromatic N) is 1. The number of ether oxygens (including phenoxy) is 1. The zero-order valence-corrected chi connectivity index (χ0v) is 25.5. The fraction of sp³-hybridized carbons (Fsp3) is 0.394. The average Bonchev–Trinajstić information content (AvgIpc) is 2.93. The Morgan fingerprint density at radius 1 is 0.900 bits per heavy atom. The quantitative estimate of drug-likeness (QED) is 0.213. The number of alkyl carbamates (subject to hydrolysis) is 1. The third-order valence-corrected chi connectivity index (χ3v) is 12.8. The Balaban J connectivity index is 1.62. The van der Waals surface area contributed by atoms with E-state index in [9.17, 15) is 9.59 Å². The Bertz CT molecular complexity index is 1260. The molecule has 4 atom stereocenters. The molecule has 4 rings (SSSR count). The maximum atomic E-state index is 13.9. The van der Waals surface area contributed by atoms with E-state index in [0.717, 1.165) is 16.7 Å². The summed E-state index contributed by atoms with van der Waals surface area (Å²) in [5.74, 6) is -0.494. The van der Waals surface area contributed by atoms with Crippen molar-refractivity contribution in [3.63, 3.8) is 0 Å². The van der Waals surface area contributed by atoms with E-state index < -0.39 is 32.5 Å². The van der Waals surface area contributed by atoms with Crippen molar-refractivity contribution in [1.82, 2.24) is 10.2 Å². The number of likely N-dealkylation sites (tertiary alicyclic amines) is 1. The van der Waals surface area contributed by atoms with Crippen LogP contribution in [0.25, 0.3) is 0 Å². The van der Waals surface area contributed by atoms with Crippen LogP contribution in [-0.4, -0.2) is 37.4 Å². The standard InChI is InChI=1S/C33H42N2O4Si/c1-24(39-40(5,6)33(2,3)4)29(34-32(37)38-23-26-18-12-8-13-19-26)28-30(27-20-14-9-15-21-27)35(31(28)36)22-25-16-10-7-11-17-25/h7-21,24,28-30H,22-23H2,1-6H3,(H,34,37)/t24?,28-,29+,30-/m1/s1. The van der Waals surface area contributed by atoms with Crippen LogP contribution in [0.5, 0.6) is 0 Å². The predicted octanol–water partition coefficient (Wildman–Crippen LogP) is 7.09. The second-order valence-electron chi connectivity index (χ2n) is 12.1. The highest BCUT2D eigenvalue weighted by Crippen LogP contribution is 2.45. The summed E-state index contributed by atoms with van der Waals surface area (Å²) >= 11 is 0. The van der Waals surface area contributed by atoms with Crippen molar-refractivity contribution in [3.05, 3.63) is 108 Å². The minimum atomic E-state index is -2.21. The monoisotopic (exact) mass is 558 g/mol. The minimum Gasteiger partial charge on any atom is -0.445 e. The third-order valence-electron chi connectivity index (χ3n) is 8.26. The van der Waals surface area contributed by atoms with Crippen LogP contribution in [0.1, 0.15) is 50.4 Å². The molecule has 1 saturated heterocycles. The molecule has 0 spiro atoms. The van der Waals surface area contributed by atoms with E-state index in [4.69, 9.17) is 9.16 Å². The zero-order valence-electron chi connectivity index (χ0n) is 24.5. The van der Waals surface area contributed by atoms with Crippen molar-refractivity contribution in [3.8, 4) is 0 Å². The molecule has 1 aliphatic heterocycles. The SMILES string of the molecule is CC(O[Si](C)(C)C(C)(C)C)[C@H](NC(=O)OCc1ccccc1)[C@H]1C(=O)N(Cc2ccccc2)[C@@H]1c1ccccc1. The molecule has 2 amide bonds. The molecule has 0 aliphatic carbocycles. The lowest BCUT2D eigenvalue weighted by atomic mass is 9.75. The Hall–Kier alpha value is -3.42. The molecule has 1 fully saturated rings. The van der Waals surface area contributed by atoms with Crippen molar-refractivity contribution in [2.45, 2.75) is 77.2 Å². The Kier molecular flexibility index (Phi) is 9.16. The normalized spacial score (nSPS) is 18.9. The van der Waals surface area contributed by atoms with Crippen LogP contribution in [0.3, 0.4) is 0 Å². The number of carbonyl (C=O) groups excluding carboxylic acids is 2. The number of hydrogen-bond donors (Lipinski definition) is 1. The van der Waals surface area contributed by atoms with Crippen molar-refractivity contribution >= 4 is 20.3 Å². The van der Waals surface area contributed by atoms with Gasteiger partial charge in [0.2, 0.25) is 5.91 Å². The first-order valence-electron chi connectivity index (χ1n) is 14.0. The molecule has 40 heavy (non-hydrogen) atoms. The van der Waals surface area contributed by atoms with Crippen LogP contribution in [0.15, 0.2) is 91.0 Å². The van der Waals surface area contributed by atoms with Gasteiger partial charge in [0.15, 0.2) is 8.32 Å². The summed E-state index contributed by atoms with van der Waals surface area (Å²) < 4.78 is 12.4. The molecule has 3 aromatic rings. The maximum absolute atomic E-state index is 13.9. The van der Waals surface area contributed by atoms with Gasteiger partial charge in [-0.05, 0) is 41.7 Å². The van der Waals surface area contributed by atoms with Crippen LogP contribution >= 0.6 is 0 Å². The summed E-state index contributed by atoms with van der Waals surface area (Å²) in [5, 5.41) is 3.04. The Morgan fingerprint density at radius 2 is 1.43 bits per heavy atom. The van der Waals surface area contributed by atoms with Crippen LogP contribution < -0.4 is 5.32 Å². The number of benzene rings is 3. The molecule has 212 valence electrons. The second kappa shape index (κ2) is 12.4. The van der Waals surface area contributed by atoms with Crippen molar-refractivity contribution < 1.29 is 18.8 Å². The zero-order chi connectivity index (χ0) is 28.9. The van der Waals surface area contributed by atoms with Crippen molar-refractivity contribution in [2.75, 3.05) is 0 Å². The fourth-order valence-electron chi connectivity index (χ4n) is 5.03. The molecule has 0 aromatic heterocycles. The summed E-state index contributed by atoms with van der Waals surface area (Å²) in [6, 6.07) is 28.8. The molecule has 1 unspecified atom stereocenters. The summed E-state index contributed by atoms with van der Waals surface area (Å²) in [6.45, 7) is 13.6. The van der Waals surface area contributed by atoms with E-state index in [-0.39, 0.29) is 23.6 Å². The van der Waals surface area contributed by atoms with Crippen LogP contribution in [0, 0.1) is 5.92 Å². The van der Waals surface area contributed by atoms with Gasteiger partial charge in [-0.2, -0.15) is 0 Å². The molecular formula is C33H42N2O4Si. The second-order valence-corrected chi connectivity index (χ2v) is 16.9. The Morgan fingerprint density at radius 3 is 1.98 bits per heavy atom. The van der Waals surface area contributed by atoms with Gasteiger partial charge in [-0.25, -0.2) is 4.79 Å². The Labute approximate surface area is 239 Å². The van der Waals surface area contributed by atoms with Crippen LogP contribution in [-0.2, 0) is 27.1 Å². The van der Waals surface area contributed by atoms with Gasteiger partial charge in [0.05, 0.1) is 24.1 Å². The van der Waals surface area contributed by atoms with Crippen molar-refractivity contribution in [1.29, 1.82) is 0 Å². The number of hydrogen-bond acceptors (Lipinski definition) is 4. The molecule has 3 aromatic carbocycles. The highest BCUT2D eigenvalue weighted by atomic mass is 28.4. The number of amides is 2. The van der Waals surface area contributed by atoms with Gasteiger partial charge in [-0.3, -0.25) is 4.79 Å².